The Hall–Kier alpha value is -0.840. The van der Waals surface area contributed by atoms with Crippen LogP contribution >= 0.6 is 22.9 Å². The van der Waals surface area contributed by atoms with E-state index < -0.39 is 0 Å². The van der Waals surface area contributed by atoms with Crippen molar-refractivity contribution in [2.75, 3.05) is 0 Å². The first-order valence-electron chi connectivity index (χ1n) is 5.68. The fraction of sp³-hybridized carbons (Fsp3) is 0.417. The zero-order valence-corrected chi connectivity index (χ0v) is 11.5. The molecule has 0 atom stereocenters. The van der Waals surface area contributed by atoms with Crippen molar-refractivity contribution in [1.82, 2.24) is 9.97 Å². The molecule has 2 rings (SSSR count). The molecule has 5 heteroatoms. The number of halogens is 1. The van der Waals surface area contributed by atoms with Gasteiger partial charge in [0.2, 0.25) is 0 Å². The van der Waals surface area contributed by atoms with Gasteiger partial charge in [0.15, 0.2) is 0 Å². The van der Waals surface area contributed by atoms with Crippen molar-refractivity contribution in [1.29, 1.82) is 0 Å². The quantitative estimate of drug-likeness (QED) is 0.888. The fourth-order valence-electron chi connectivity index (χ4n) is 1.76. The number of H-pyrrole nitrogens is 1. The zero-order valence-electron chi connectivity index (χ0n) is 9.96. The van der Waals surface area contributed by atoms with E-state index in [0.717, 1.165) is 34.3 Å². The smallest absolute Gasteiger partial charge is 0.126 e. The largest absolute Gasteiger partial charge is 0.340 e. The maximum absolute atomic E-state index is 6.30. The van der Waals surface area contributed by atoms with Gasteiger partial charge in [0.25, 0.3) is 0 Å². The van der Waals surface area contributed by atoms with Crippen LogP contribution in [0.25, 0.3) is 11.3 Å². The summed E-state index contributed by atoms with van der Waals surface area (Å²) in [6, 6.07) is 1.93. The Balaban J connectivity index is 2.33. The maximum Gasteiger partial charge on any atom is 0.126 e. The molecule has 92 valence electrons. The van der Waals surface area contributed by atoms with E-state index in [9.17, 15) is 0 Å². The Morgan fingerprint density at radius 1 is 1.47 bits per heavy atom. The van der Waals surface area contributed by atoms with Crippen LogP contribution in [0, 0.1) is 0 Å². The number of nitrogens with one attached hydrogen (secondary N) is 1. The molecule has 2 aromatic rings. The second kappa shape index (κ2) is 4.80. The third-order valence-corrected chi connectivity index (χ3v) is 4.28. The van der Waals surface area contributed by atoms with Crippen LogP contribution < -0.4 is 5.73 Å². The molecule has 17 heavy (non-hydrogen) atoms. The number of hydrogen-bond donors (Lipinski definition) is 2. The van der Waals surface area contributed by atoms with Crippen LogP contribution in [0.2, 0.25) is 4.34 Å². The summed E-state index contributed by atoms with van der Waals surface area (Å²) in [6.07, 6.45) is 3.54. The Kier molecular flexibility index (Phi) is 3.56. The van der Waals surface area contributed by atoms with Crippen LogP contribution in [0.3, 0.4) is 0 Å². The van der Waals surface area contributed by atoms with Crippen LogP contribution in [0.15, 0.2) is 17.6 Å². The Morgan fingerprint density at radius 2 is 2.18 bits per heavy atom. The number of nitrogens with zero attached hydrogens (tertiary/aromatic N) is 1. The first kappa shape index (κ1) is 12.6. The van der Waals surface area contributed by atoms with Crippen molar-refractivity contribution in [3.63, 3.8) is 0 Å². The van der Waals surface area contributed by atoms with Crippen molar-refractivity contribution in [2.45, 2.75) is 32.2 Å². The average molecular weight is 270 g/mol. The lowest BCUT2D eigenvalue weighted by atomic mass is 9.93. The third kappa shape index (κ3) is 2.39. The summed E-state index contributed by atoms with van der Waals surface area (Å²) < 4.78 is 0.779. The van der Waals surface area contributed by atoms with Crippen LogP contribution in [-0.2, 0) is 5.54 Å². The summed E-state index contributed by atoms with van der Waals surface area (Å²) in [4.78, 5) is 7.69. The third-order valence-electron chi connectivity index (χ3n) is 3.19. The molecule has 0 aliphatic rings. The molecular weight excluding hydrogens is 254 g/mol. The molecule has 0 fully saturated rings. The van der Waals surface area contributed by atoms with E-state index in [1.54, 1.807) is 0 Å². The molecule has 2 heterocycles. The molecule has 0 unspecified atom stereocenters. The number of aromatic amines is 1. The first-order chi connectivity index (χ1) is 8.09. The fourth-order valence-corrected chi connectivity index (χ4v) is 2.64. The molecule has 0 aliphatic carbocycles. The molecule has 0 aliphatic heterocycles. The lowest BCUT2D eigenvalue weighted by molar-refractivity contribution is 0.391. The van der Waals surface area contributed by atoms with Gasteiger partial charge in [-0.05, 0) is 18.9 Å². The summed E-state index contributed by atoms with van der Waals surface area (Å²) in [6.45, 7) is 4.15. The van der Waals surface area contributed by atoms with Crippen LogP contribution in [-0.4, -0.2) is 9.97 Å². The van der Waals surface area contributed by atoms with Crippen LogP contribution in [0.4, 0.5) is 0 Å². The van der Waals surface area contributed by atoms with Crippen molar-refractivity contribution in [2.24, 2.45) is 5.73 Å². The highest BCUT2D eigenvalue weighted by molar-refractivity contribution is 7.14. The molecule has 0 spiro atoms. The van der Waals surface area contributed by atoms with Gasteiger partial charge in [-0.3, -0.25) is 0 Å². The summed E-state index contributed by atoms with van der Waals surface area (Å²) in [5, 5.41) is 2.01. The lowest BCUT2D eigenvalue weighted by Crippen LogP contribution is -2.36. The average Bonchev–Trinajstić information content (AvgIpc) is 2.96. The van der Waals surface area contributed by atoms with Crippen LogP contribution in [0.5, 0.6) is 0 Å². The minimum Gasteiger partial charge on any atom is -0.340 e. The minimum atomic E-state index is -0.363. The highest BCUT2D eigenvalue weighted by atomic mass is 35.5. The highest BCUT2D eigenvalue weighted by Crippen LogP contribution is 2.30. The van der Waals surface area contributed by atoms with Crippen molar-refractivity contribution >= 4 is 22.9 Å². The standard InChI is InChI=1S/C12H16ClN3S/c1-3-12(14,4-2)11-15-6-9(16-11)8-5-10(13)17-7-8/h5-7H,3-4,14H2,1-2H3,(H,15,16). The second-order valence-corrected chi connectivity index (χ2v) is 5.69. The predicted octanol–water partition coefficient (Wildman–Crippen LogP) is 3.77. The molecule has 0 radical (unpaired) electrons. The van der Waals surface area contributed by atoms with E-state index in [1.807, 2.05) is 17.6 Å². The topological polar surface area (TPSA) is 54.7 Å². The summed E-state index contributed by atoms with van der Waals surface area (Å²) in [5.74, 6) is 0.847. The number of nitrogens with two attached hydrogens (primary N) is 1. The highest BCUT2D eigenvalue weighted by Gasteiger charge is 2.26. The van der Waals surface area contributed by atoms with E-state index in [-0.39, 0.29) is 5.54 Å². The number of imidazole rings is 1. The lowest BCUT2D eigenvalue weighted by Gasteiger charge is -2.23. The summed E-state index contributed by atoms with van der Waals surface area (Å²) in [5.41, 5.74) is 7.97. The number of hydrogen-bond acceptors (Lipinski definition) is 3. The van der Waals surface area contributed by atoms with Crippen molar-refractivity contribution < 1.29 is 0 Å². The van der Waals surface area contributed by atoms with Gasteiger partial charge in [-0.1, -0.05) is 25.4 Å². The molecular formula is C12H16ClN3S. The molecule has 0 saturated carbocycles. The second-order valence-electron chi connectivity index (χ2n) is 4.15. The van der Waals surface area contributed by atoms with Gasteiger partial charge < -0.3 is 10.7 Å². The number of rotatable bonds is 4. The normalized spacial score (nSPS) is 12.0. The maximum atomic E-state index is 6.30. The predicted molar refractivity (Wildman–Crippen MR) is 73.4 cm³/mol. The SMILES string of the molecule is CCC(N)(CC)c1ncc(-c2csc(Cl)c2)[nH]1. The van der Waals surface area contributed by atoms with Gasteiger partial charge in [-0.25, -0.2) is 4.98 Å². The van der Waals surface area contributed by atoms with Gasteiger partial charge in [0.05, 0.1) is 21.8 Å². The molecule has 0 saturated heterocycles. The molecule has 0 amide bonds. The van der Waals surface area contributed by atoms with Gasteiger partial charge in [0, 0.05) is 10.9 Å². The molecule has 3 N–H and O–H groups in total. The van der Waals surface area contributed by atoms with Gasteiger partial charge in [-0.15, -0.1) is 11.3 Å². The summed E-state index contributed by atoms with van der Waals surface area (Å²) >= 11 is 7.44. The van der Waals surface area contributed by atoms with E-state index in [1.165, 1.54) is 11.3 Å². The van der Waals surface area contributed by atoms with E-state index in [4.69, 9.17) is 17.3 Å². The first-order valence-corrected chi connectivity index (χ1v) is 6.93. The molecule has 3 nitrogen and oxygen atoms in total. The van der Waals surface area contributed by atoms with Crippen molar-refractivity contribution in [3.05, 3.63) is 27.8 Å². The van der Waals surface area contributed by atoms with Gasteiger partial charge in [-0.2, -0.15) is 0 Å². The van der Waals surface area contributed by atoms with E-state index >= 15 is 0 Å². The van der Waals surface area contributed by atoms with Crippen molar-refractivity contribution in [3.8, 4) is 11.3 Å². The Labute approximate surface area is 110 Å². The molecule has 2 aromatic heterocycles. The van der Waals surface area contributed by atoms with E-state index in [2.05, 4.69) is 23.8 Å². The minimum absolute atomic E-state index is 0.363. The zero-order chi connectivity index (χ0) is 12.5. The van der Waals surface area contributed by atoms with Gasteiger partial charge >= 0.3 is 0 Å². The molecule has 0 bridgehead atoms. The Bertz CT molecular complexity index is 499. The van der Waals surface area contributed by atoms with E-state index in [0.29, 0.717) is 0 Å². The van der Waals surface area contributed by atoms with Crippen LogP contribution in [0.1, 0.15) is 32.5 Å². The number of thiophene rings is 1. The molecule has 0 aromatic carbocycles. The monoisotopic (exact) mass is 269 g/mol. The number of aromatic nitrogens is 2. The summed E-state index contributed by atoms with van der Waals surface area (Å²) in [7, 11) is 0. The Morgan fingerprint density at radius 3 is 2.71 bits per heavy atom. The van der Waals surface area contributed by atoms with Gasteiger partial charge in [0.1, 0.15) is 5.82 Å².